The van der Waals surface area contributed by atoms with Crippen LogP contribution in [0.3, 0.4) is 0 Å². The second kappa shape index (κ2) is 9.38. The van der Waals surface area contributed by atoms with Crippen molar-refractivity contribution in [1.29, 1.82) is 0 Å². The molecule has 1 saturated heterocycles. The van der Waals surface area contributed by atoms with E-state index in [0.717, 1.165) is 35.3 Å². The molecule has 1 spiro atoms. The monoisotopic (exact) mass is 447 g/mol. The SMILES string of the molecule is Cc1ccc(N2C(=O)N(CC(=O)NC(c3ccccc3)C(C)C)C(=O)C23CCCCC3)cc1. The van der Waals surface area contributed by atoms with E-state index in [1.165, 1.54) is 0 Å². The number of nitrogens with zero attached hydrogens (tertiary/aromatic N) is 2. The van der Waals surface area contributed by atoms with Gasteiger partial charge in [-0.1, -0.05) is 81.1 Å². The molecule has 1 aliphatic heterocycles. The summed E-state index contributed by atoms with van der Waals surface area (Å²) in [5, 5.41) is 3.05. The Balaban J connectivity index is 1.58. The third kappa shape index (κ3) is 4.39. The van der Waals surface area contributed by atoms with Gasteiger partial charge in [-0.2, -0.15) is 0 Å². The summed E-state index contributed by atoms with van der Waals surface area (Å²) in [7, 11) is 0. The summed E-state index contributed by atoms with van der Waals surface area (Å²) in [4.78, 5) is 43.1. The van der Waals surface area contributed by atoms with E-state index in [9.17, 15) is 14.4 Å². The normalized spacial score (nSPS) is 18.8. The summed E-state index contributed by atoms with van der Waals surface area (Å²) in [5.41, 5.74) is 1.92. The maximum atomic E-state index is 13.7. The van der Waals surface area contributed by atoms with Gasteiger partial charge < -0.3 is 5.32 Å². The lowest BCUT2D eigenvalue weighted by atomic mass is 9.80. The molecule has 2 fully saturated rings. The molecular weight excluding hydrogens is 414 g/mol. The number of anilines is 1. The zero-order chi connectivity index (χ0) is 23.6. The molecule has 174 valence electrons. The summed E-state index contributed by atoms with van der Waals surface area (Å²) in [6.07, 6.45) is 4.10. The molecule has 6 heteroatoms. The molecule has 2 aromatic carbocycles. The molecule has 1 saturated carbocycles. The number of carbonyl (C=O) groups excluding carboxylic acids is 3. The third-order valence-corrected chi connectivity index (χ3v) is 6.91. The first-order chi connectivity index (χ1) is 15.8. The van der Waals surface area contributed by atoms with Crippen molar-refractivity contribution in [3.63, 3.8) is 0 Å². The molecule has 1 unspecified atom stereocenters. The van der Waals surface area contributed by atoms with E-state index < -0.39 is 11.6 Å². The molecule has 0 bridgehead atoms. The lowest BCUT2D eigenvalue weighted by Gasteiger charge is -2.38. The minimum atomic E-state index is -0.887. The molecular formula is C27H33N3O3. The number of benzene rings is 2. The van der Waals surface area contributed by atoms with Gasteiger partial charge in [0.15, 0.2) is 0 Å². The highest BCUT2D eigenvalue weighted by atomic mass is 16.2. The van der Waals surface area contributed by atoms with Crippen molar-refractivity contribution >= 4 is 23.5 Å². The van der Waals surface area contributed by atoms with E-state index in [1.807, 2.05) is 75.4 Å². The van der Waals surface area contributed by atoms with Crippen LogP contribution in [0.1, 0.15) is 63.1 Å². The Kier molecular flexibility index (Phi) is 6.54. The molecule has 4 rings (SSSR count). The highest BCUT2D eigenvalue weighted by Gasteiger charge is 2.58. The lowest BCUT2D eigenvalue weighted by Crippen LogP contribution is -2.51. The van der Waals surface area contributed by atoms with Crippen molar-refractivity contribution in [2.75, 3.05) is 11.4 Å². The fourth-order valence-corrected chi connectivity index (χ4v) is 5.16. The number of rotatable bonds is 6. The van der Waals surface area contributed by atoms with E-state index in [4.69, 9.17) is 0 Å². The van der Waals surface area contributed by atoms with Crippen LogP contribution in [0, 0.1) is 12.8 Å². The van der Waals surface area contributed by atoms with Gasteiger partial charge in [0, 0.05) is 5.69 Å². The summed E-state index contributed by atoms with van der Waals surface area (Å²) in [6.45, 7) is 5.81. The van der Waals surface area contributed by atoms with Crippen molar-refractivity contribution in [2.24, 2.45) is 5.92 Å². The van der Waals surface area contributed by atoms with Crippen LogP contribution in [0.4, 0.5) is 10.5 Å². The highest BCUT2D eigenvalue weighted by molar-refractivity contribution is 6.18. The topological polar surface area (TPSA) is 69.7 Å². The van der Waals surface area contributed by atoms with Crippen molar-refractivity contribution in [2.45, 2.75) is 64.5 Å². The van der Waals surface area contributed by atoms with Crippen LogP contribution < -0.4 is 10.2 Å². The molecule has 6 nitrogen and oxygen atoms in total. The molecule has 4 amide bonds. The second-order valence-corrected chi connectivity index (χ2v) is 9.64. The van der Waals surface area contributed by atoms with Crippen molar-refractivity contribution < 1.29 is 14.4 Å². The molecule has 1 atom stereocenters. The van der Waals surface area contributed by atoms with Gasteiger partial charge in [-0.15, -0.1) is 0 Å². The Labute approximate surface area is 196 Å². The molecule has 1 aliphatic carbocycles. The van der Waals surface area contributed by atoms with E-state index >= 15 is 0 Å². The standard InChI is InChI=1S/C27H33N3O3/c1-19(2)24(21-10-6-4-7-11-21)28-23(31)18-29-25(32)27(16-8-5-9-17-27)30(26(29)33)22-14-12-20(3)13-15-22/h4,6-7,10-15,19,24H,5,8-9,16-18H2,1-3H3,(H,28,31). The van der Waals surface area contributed by atoms with Gasteiger partial charge in [0.25, 0.3) is 5.91 Å². The summed E-state index contributed by atoms with van der Waals surface area (Å²) >= 11 is 0. The Morgan fingerprint density at radius 1 is 0.970 bits per heavy atom. The first kappa shape index (κ1) is 23.0. The number of imide groups is 1. The van der Waals surface area contributed by atoms with Crippen molar-refractivity contribution in [3.05, 3.63) is 65.7 Å². The van der Waals surface area contributed by atoms with Gasteiger partial charge in [0.1, 0.15) is 12.1 Å². The minimum absolute atomic E-state index is 0.162. The number of carbonyl (C=O) groups is 3. The van der Waals surface area contributed by atoms with Crippen molar-refractivity contribution in [3.8, 4) is 0 Å². The maximum Gasteiger partial charge on any atom is 0.332 e. The zero-order valence-corrected chi connectivity index (χ0v) is 19.7. The maximum absolute atomic E-state index is 13.7. The Morgan fingerprint density at radius 3 is 2.21 bits per heavy atom. The Bertz CT molecular complexity index is 1010. The second-order valence-electron chi connectivity index (χ2n) is 9.64. The number of aryl methyl sites for hydroxylation is 1. The van der Waals surface area contributed by atoms with Crippen molar-refractivity contribution in [1.82, 2.24) is 10.2 Å². The largest absolute Gasteiger partial charge is 0.347 e. The first-order valence-electron chi connectivity index (χ1n) is 11.9. The third-order valence-electron chi connectivity index (χ3n) is 6.91. The van der Waals surface area contributed by atoms with Gasteiger partial charge in [0.05, 0.1) is 6.04 Å². The average molecular weight is 448 g/mol. The van der Waals surface area contributed by atoms with Gasteiger partial charge in [-0.05, 0) is 43.4 Å². The average Bonchev–Trinajstić information content (AvgIpc) is 3.00. The smallest absolute Gasteiger partial charge is 0.332 e. The number of amides is 4. The predicted molar refractivity (Wildman–Crippen MR) is 129 cm³/mol. The van der Waals surface area contributed by atoms with E-state index in [1.54, 1.807) is 4.90 Å². The Morgan fingerprint density at radius 2 is 1.61 bits per heavy atom. The van der Waals surface area contributed by atoms with E-state index in [-0.39, 0.29) is 30.3 Å². The van der Waals surface area contributed by atoms with Gasteiger partial charge in [-0.3, -0.25) is 19.4 Å². The molecule has 33 heavy (non-hydrogen) atoms. The van der Waals surface area contributed by atoms with Crippen LogP contribution in [0.2, 0.25) is 0 Å². The summed E-state index contributed by atoms with van der Waals surface area (Å²) < 4.78 is 0. The molecule has 1 heterocycles. The summed E-state index contributed by atoms with van der Waals surface area (Å²) in [6, 6.07) is 16.9. The fourth-order valence-electron chi connectivity index (χ4n) is 5.16. The van der Waals surface area contributed by atoms with Crippen LogP contribution in [0.25, 0.3) is 0 Å². The lowest BCUT2D eigenvalue weighted by molar-refractivity contribution is -0.135. The van der Waals surface area contributed by atoms with E-state index in [0.29, 0.717) is 18.5 Å². The molecule has 0 aromatic heterocycles. The van der Waals surface area contributed by atoms with Gasteiger partial charge >= 0.3 is 6.03 Å². The van der Waals surface area contributed by atoms with E-state index in [2.05, 4.69) is 5.32 Å². The highest BCUT2D eigenvalue weighted by Crippen LogP contribution is 2.43. The number of hydrogen-bond acceptors (Lipinski definition) is 3. The van der Waals surface area contributed by atoms with Crippen LogP contribution in [-0.2, 0) is 9.59 Å². The minimum Gasteiger partial charge on any atom is -0.347 e. The number of hydrogen-bond donors (Lipinski definition) is 1. The van der Waals surface area contributed by atoms with Crippen LogP contribution >= 0.6 is 0 Å². The predicted octanol–water partition coefficient (Wildman–Crippen LogP) is 4.98. The quantitative estimate of drug-likeness (QED) is 0.635. The van der Waals surface area contributed by atoms with Crippen LogP contribution in [0.5, 0.6) is 0 Å². The Hall–Kier alpha value is -3.15. The number of urea groups is 1. The van der Waals surface area contributed by atoms with Crippen LogP contribution in [0.15, 0.2) is 54.6 Å². The fraction of sp³-hybridized carbons (Fsp3) is 0.444. The molecule has 2 aromatic rings. The van der Waals surface area contributed by atoms with Crippen LogP contribution in [-0.4, -0.2) is 34.8 Å². The zero-order valence-electron chi connectivity index (χ0n) is 19.7. The first-order valence-corrected chi connectivity index (χ1v) is 11.9. The number of nitrogens with one attached hydrogen (secondary N) is 1. The molecule has 0 radical (unpaired) electrons. The molecule has 1 N–H and O–H groups in total. The molecule has 2 aliphatic rings. The van der Waals surface area contributed by atoms with Gasteiger partial charge in [-0.25, -0.2) is 4.79 Å². The van der Waals surface area contributed by atoms with Gasteiger partial charge in [0.2, 0.25) is 5.91 Å². The summed E-state index contributed by atoms with van der Waals surface area (Å²) in [5.74, 6) is -0.408.